The lowest BCUT2D eigenvalue weighted by Gasteiger charge is -2.25. The Hall–Kier alpha value is -2.58. The summed E-state index contributed by atoms with van der Waals surface area (Å²) in [5, 5.41) is 10.4. The summed E-state index contributed by atoms with van der Waals surface area (Å²) in [6.07, 6.45) is 7.18. The summed E-state index contributed by atoms with van der Waals surface area (Å²) >= 11 is 0. The summed E-state index contributed by atoms with van der Waals surface area (Å²) in [6, 6.07) is 7.46. The number of carboxylic acids is 1. The monoisotopic (exact) mass is 427 g/mol. The molecule has 1 saturated carbocycles. The van der Waals surface area contributed by atoms with Gasteiger partial charge in [-0.3, -0.25) is 4.79 Å². The van der Waals surface area contributed by atoms with Crippen molar-refractivity contribution >= 4 is 12.0 Å². The van der Waals surface area contributed by atoms with Crippen LogP contribution in [0.4, 0.5) is 4.79 Å². The number of carbonyl (C=O) groups is 2. The third-order valence-electron chi connectivity index (χ3n) is 7.01. The molecule has 2 saturated heterocycles. The maximum atomic E-state index is 12.7. The molecule has 3 fully saturated rings. The van der Waals surface area contributed by atoms with Crippen molar-refractivity contribution in [1.29, 1.82) is 0 Å². The van der Waals surface area contributed by atoms with Crippen LogP contribution in [0.5, 0.6) is 5.75 Å². The van der Waals surface area contributed by atoms with Crippen LogP contribution in [0.15, 0.2) is 36.5 Å². The fourth-order valence-electron chi connectivity index (χ4n) is 5.38. The van der Waals surface area contributed by atoms with E-state index in [1.165, 1.54) is 22.8 Å². The first kappa shape index (κ1) is 20.3. The number of likely N-dealkylation sites (tertiary alicyclic amines) is 1. The summed E-state index contributed by atoms with van der Waals surface area (Å²) in [5.74, 6) is 1.34. The van der Waals surface area contributed by atoms with Gasteiger partial charge in [0, 0.05) is 32.5 Å². The van der Waals surface area contributed by atoms with Crippen molar-refractivity contribution in [3.63, 3.8) is 0 Å². The smallest absolute Gasteiger partial charge is 0.338 e. The minimum absolute atomic E-state index is 0.179. The molecule has 166 valence electrons. The van der Waals surface area contributed by atoms with E-state index in [4.69, 9.17) is 14.6 Å². The Kier molecular flexibility index (Phi) is 5.58. The van der Waals surface area contributed by atoms with Crippen LogP contribution in [0.1, 0.15) is 37.2 Å². The fourth-order valence-corrected chi connectivity index (χ4v) is 5.38. The number of nitrogens with zero attached hydrogens (tertiary/aromatic N) is 2. The quantitative estimate of drug-likeness (QED) is 0.768. The molecule has 4 aliphatic rings. The Morgan fingerprint density at radius 2 is 1.87 bits per heavy atom. The molecule has 4 atom stereocenters. The van der Waals surface area contributed by atoms with Crippen molar-refractivity contribution in [2.24, 2.45) is 11.8 Å². The first-order valence-electron chi connectivity index (χ1n) is 11.2. The highest BCUT2D eigenvalue weighted by Crippen LogP contribution is 2.40. The molecule has 1 aliphatic carbocycles. The molecule has 1 aromatic rings. The second-order valence-electron chi connectivity index (χ2n) is 9.03. The highest BCUT2D eigenvalue weighted by atomic mass is 16.5. The summed E-state index contributed by atoms with van der Waals surface area (Å²) in [4.78, 5) is 25.6. The van der Waals surface area contributed by atoms with E-state index in [1.807, 2.05) is 11.0 Å². The number of fused-ring (bicyclic) bond motifs is 1. The second-order valence-corrected chi connectivity index (χ2v) is 9.03. The second kappa shape index (κ2) is 8.51. The molecular weight excluding hydrogens is 398 g/mol. The number of hydrogen-bond donors (Lipinski definition) is 2. The first-order chi connectivity index (χ1) is 15.1. The summed E-state index contributed by atoms with van der Waals surface area (Å²) < 4.78 is 11.8. The third kappa shape index (κ3) is 4.27. The number of nitrogens with one attached hydrogen (secondary N) is 1. The third-order valence-corrected chi connectivity index (χ3v) is 7.01. The van der Waals surface area contributed by atoms with Crippen molar-refractivity contribution in [2.75, 3.05) is 26.3 Å². The Morgan fingerprint density at radius 3 is 2.55 bits per heavy atom. The Morgan fingerprint density at radius 1 is 1.13 bits per heavy atom. The van der Waals surface area contributed by atoms with Gasteiger partial charge in [0.15, 0.2) is 0 Å². The van der Waals surface area contributed by atoms with E-state index < -0.39 is 12.0 Å². The standard InChI is InChI=1S/C23H29N3O5/c27-22(28)21-4-7-26(24-21)23(29)25-13-17-11-20(12-18(17)14-25)31-19-3-1-2-16(10-19)15-5-8-30-9-6-15/h1-4,7,10,15,17-18,20-21,24H,5-6,8-9,11-14H2,(H,27,28)/t17-,18+,20?,21?. The van der Waals surface area contributed by atoms with Gasteiger partial charge in [0.2, 0.25) is 0 Å². The molecule has 0 spiro atoms. The molecule has 3 heterocycles. The zero-order chi connectivity index (χ0) is 21.4. The number of hydrogen-bond acceptors (Lipinski definition) is 5. The molecule has 2 unspecified atom stereocenters. The number of carbonyl (C=O) groups excluding carboxylic acids is 1. The SMILES string of the molecule is O=C(O)C1C=CN(C(=O)N2C[C@H]3CC(Oc4cccc(C5CCOCC5)c4)C[C@H]3C2)N1. The number of aliphatic carboxylic acids is 1. The number of hydrazine groups is 1. The van der Waals surface area contributed by atoms with Gasteiger partial charge in [0.05, 0.1) is 6.10 Å². The molecule has 0 radical (unpaired) electrons. The lowest BCUT2D eigenvalue weighted by molar-refractivity contribution is -0.138. The highest BCUT2D eigenvalue weighted by molar-refractivity contribution is 5.80. The summed E-state index contributed by atoms with van der Waals surface area (Å²) in [7, 11) is 0. The molecule has 8 nitrogen and oxygen atoms in total. The fraction of sp³-hybridized carbons (Fsp3) is 0.565. The lowest BCUT2D eigenvalue weighted by atomic mass is 9.92. The summed E-state index contributed by atoms with van der Waals surface area (Å²) in [5.41, 5.74) is 4.04. The molecule has 2 N–H and O–H groups in total. The van der Waals surface area contributed by atoms with Crippen LogP contribution in [0.2, 0.25) is 0 Å². The lowest BCUT2D eigenvalue weighted by Crippen LogP contribution is -2.48. The van der Waals surface area contributed by atoms with Gasteiger partial charge in [0.1, 0.15) is 11.8 Å². The van der Waals surface area contributed by atoms with Crippen LogP contribution in [0.25, 0.3) is 0 Å². The minimum Gasteiger partial charge on any atom is -0.490 e. The van der Waals surface area contributed by atoms with Crippen molar-refractivity contribution in [2.45, 2.75) is 43.7 Å². The van der Waals surface area contributed by atoms with E-state index in [2.05, 4.69) is 23.6 Å². The minimum atomic E-state index is -0.995. The number of amides is 2. The molecule has 3 aliphatic heterocycles. The maximum absolute atomic E-state index is 12.7. The van der Waals surface area contributed by atoms with Crippen molar-refractivity contribution in [3.8, 4) is 5.75 Å². The van der Waals surface area contributed by atoms with Crippen LogP contribution < -0.4 is 10.2 Å². The van der Waals surface area contributed by atoms with E-state index in [9.17, 15) is 9.59 Å². The van der Waals surface area contributed by atoms with Gasteiger partial charge in [-0.1, -0.05) is 12.1 Å². The number of urea groups is 1. The topological polar surface area (TPSA) is 91.3 Å². The molecule has 0 aromatic heterocycles. The van der Waals surface area contributed by atoms with E-state index in [0.717, 1.165) is 44.6 Å². The highest BCUT2D eigenvalue weighted by Gasteiger charge is 2.44. The largest absolute Gasteiger partial charge is 0.490 e. The van der Waals surface area contributed by atoms with E-state index >= 15 is 0 Å². The van der Waals surface area contributed by atoms with Gasteiger partial charge in [-0.15, -0.1) is 0 Å². The van der Waals surface area contributed by atoms with Crippen LogP contribution in [-0.4, -0.2) is 65.5 Å². The molecule has 0 bridgehead atoms. The normalized spacial score (nSPS) is 30.6. The average molecular weight is 428 g/mol. The van der Waals surface area contributed by atoms with Gasteiger partial charge >= 0.3 is 12.0 Å². The van der Waals surface area contributed by atoms with Gasteiger partial charge in [0.25, 0.3) is 0 Å². The zero-order valence-electron chi connectivity index (χ0n) is 17.5. The number of ether oxygens (including phenoxy) is 2. The van der Waals surface area contributed by atoms with E-state index in [-0.39, 0.29) is 12.1 Å². The van der Waals surface area contributed by atoms with E-state index in [0.29, 0.717) is 30.8 Å². The molecule has 5 rings (SSSR count). The Labute approximate surface area is 181 Å². The van der Waals surface area contributed by atoms with Gasteiger partial charge < -0.3 is 19.5 Å². The first-order valence-corrected chi connectivity index (χ1v) is 11.2. The van der Waals surface area contributed by atoms with Crippen molar-refractivity contribution in [1.82, 2.24) is 15.3 Å². The van der Waals surface area contributed by atoms with Gasteiger partial charge in [-0.05, 0) is 67.2 Å². The molecular formula is C23H29N3O5. The van der Waals surface area contributed by atoms with E-state index in [1.54, 1.807) is 0 Å². The molecule has 1 aromatic carbocycles. The number of benzene rings is 1. The van der Waals surface area contributed by atoms with Gasteiger partial charge in [-0.25, -0.2) is 15.2 Å². The average Bonchev–Trinajstić information content (AvgIpc) is 3.49. The molecule has 8 heteroatoms. The van der Waals surface area contributed by atoms with Gasteiger partial charge in [-0.2, -0.15) is 0 Å². The van der Waals surface area contributed by atoms with Crippen LogP contribution in [-0.2, 0) is 9.53 Å². The summed E-state index contributed by atoms with van der Waals surface area (Å²) in [6.45, 7) is 3.04. The van der Waals surface area contributed by atoms with Crippen LogP contribution in [0.3, 0.4) is 0 Å². The number of rotatable bonds is 4. The predicted molar refractivity (Wildman–Crippen MR) is 112 cm³/mol. The predicted octanol–water partition coefficient (Wildman–Crippen LogP) is 2.58. The van der Waals surface area contributed by atoms with Crippen molar-refractivity contribution < 1.29 is 24.2 Å². The Balaban J connectivity index is 1.14. The molecule has 2 amide bonds. The van der Waals surface area contributed by atoms with Crippen LogP contribution in [0, 0.1) is 11.8 Å². The maximum Gasteiger partial charge on any atom is 0.338 e. The molecule has 31 heavy (non-hydrogen) atoms. The van der Waals surface area contributed by atoms with Crippen LogP contribution >= 0.6 is 0 Å². The number of carboxylic acid groups (broad SMARTS) is 1. The van der Waals surface area contributed by atoms with Crippen molar-refractivity contribution in [3.05, 3.63) is 42.1 Å². The Bertz CT molecular complexity index is 855. The zero-order valence-corrected chi connectivity index (χ0v) is 17.5.